The fourth-order valence-corrected chi connectivity index (χ4v) is 0.818. The summed E-state index contributed by atoms with van der Waals surface area (Å²) >= 11 is 0. The van der Waals surface area contributed by atoms with Gasteiger partial charge in [-0.2, -0.15) is 0 Å². The highest BCUT2D eigenvalue weighted by Gasteiger charge is 1.99. The molecule has 0 amide bonds. The second-order valence-corrected chi connectivity index (χ2v) is 1.88. The summed E-state index contributed by atoms with van der Waals surface area (Å²) in [7, 11) is 0. The maximum absolute atomic E-state index is 9.12. The first-order valence-corrected chi connectivity index (χ1v) is 2.94. The lowest BCUT2D eigenvalue weighted by atomic mass is 10.4. The van der Waals surface area contributed by atoms with Gasteiger partial charge in [0.15, 0.2) is 0 Å². The lowest BCUT2D eigenvalue weighted by Gasteiger charge is -1.95. The van der Waals surface area contributed by atoms with Crippen LogP contribution in [0.5, 0.6) is 5.75 Å². The number of rotatable bonds is 2. The highest BCUT2D eigenvalue weighted by molar-refractivity contribution is 5.54. The normalized spacial score (nSPS) is 9.20. The van der Waals surface area contributed by atoms with Gasteiger partial charge in [0.05, 0.1) is 5.69 Å². The highest BCUT2D eigenvalue weighted by atomic mass is 16.3. The molecular weight excluding hydrogens is 126 g/mol. The summed E-state index contributed by atoms with van der Waals surface area (Å²) in [4.78, 5) is 0. The molecule has 2 nitrogen and oxygen atoms in total. The minimum Gasteiger partial charge on any atom is -0.506 e. The van der Waals surface area contributed by atoms with Gasteiger partial charge in [-0.1, -0.05) is 13.2 Å². The summed E-state index contributed by atoms with van der Waals surface area (Å²) in [6.45, 7) is 7.10. The molecule has 0 radical (unpaired) electrons. The van der Waals surface area contributed by atoms with E-state index in [2.05, 4.69) is 13.2 Å². The Morgan fingerprint density at radius 1 is 1.50 bits per heavy atom. The van der Waals surface area contributed by atoms with Crippen LogP contribution in [0.4, 0.5) is 0 Å². The van der Waals surface area contributed by atoms with E-state index in [1.807, 2.05) is 0 Å². The Kier molecular flexibility index (Phi) is 1.63. The molecular formula is C8H9NO. The molecule has 0 aliphatic heterocycles. The van der Waals surface area contributed by atoms with Crippen LogP contribution in [-0.4, -0.2) is 9.67 Å². The Morgan fingerprint density at radius 3 is 2.60 bits per heavy atom. The predicted molar refractivity (Wildman–Crippen MR) is 42.6 cm³/mol. The van der Waals surface area contributed by atoms with Crippen molar-refractivity contribution in [3.05, 3.63) is 31.1 Å². The Balaban J connectivity index is 3.25. The molecule has 10 heavy (non-hydrogen) atoms. The molecule has 1 heterocycles. The molecule has 0 bridgehead atoms. The van der Waals surface area contributed by atoms with Crippen molar-refractivity contribution in [3.8, 4) is 5.75 Å². The van der Waals surface area contributed by atoms with Gasteiger partial charge < -0.3 is 9.67 Å². The van der Waals surface area contributed by atoms with Crippen LogP contribution in [0.25, 0.3) is 12.3 Å². The molecule has 0 fully saturated rings. The van der Waals surface area contributed by atoms with Crippen LogP contribution in [0.3, 0.4) is 0 Å². The van der Waals surface area contributed by atoms with Crippen molar-refractivity contribution in [3.63, 3.8) is 0 Å². The maximum atomic E-state index is 9.12. The summed E-state index contributed by atoms with van der Waals surface area (Å²) < 4.78 is 1.70. The number of aromatic nitrogens is 1. The van der Waals surface area contributed by atoms with Gasteiger partial charge in [-0.15, -0.1) is 0 Å². The molecule has 0 atom stereocenters. The quantitative estimate of drug-likeness (QED) is 0.658. The van der Waals surface area contributed by atoms with E-state index in [0.717, 1.165) is 0 Å². The molecule has 0 spiro atoms. The van der Waals surface area contributed by atoms with Gasteiger partial charge in [-0.25, -0.2) is 0 Å². The fourth-order valence-electron chi connectivity index (χ4n) is 0.818. The van der Waals surface area contributed by atoms with Crippen LogP contribution in [0.15, 0.2) is 25.4 Å². The van der Waals surface area contributed by atoms with Gasteiger partial charge in [-0.05, 0) is 12.1 Å². The topological polar surface area (TPSA) is 25.2 Å². The number of hydrogen-bond acceptors (Lipinski definition) is 1. The minimum atomic E-state index is 0.231. The van der Waals surface area contributed by atoms with Crippen LogP contribution < -0.4 is 0 Å². The van der Waals surface area contributed by atoms with Gasteiger partial charge >= 0.3 is 0 Å². The largest absolute Gasteiger partial charge is 0.506 e. The molecule has 1 aromatic rings. The van der Waals surface area contributed by atoms with Gasteiger partial charge in [0.25, 0.3) is 0 Å². The van der Waals surface area contributed by atoms with Gasteiger partial charge in [-0.3, -0.25) is 0 Å². The molecule has 52 valence electrons. The molecule has 0 saturated carbocycles. The van der Waals surface area contributed by atoms with Gasteiger partial charge in [0.2, 0.25) is 0 Å². The number of nitrogens with zero attached hydrogens (tertiary/aromatic N) is 1. The molecule has 0 aliphatic rings. The Bertz CT molecular complexity index is 260. The van der Waals surface area contributed by atoms with Crippen LogP contribution in [0.1, 0.15) is 5.69 Å². The van der Waals surface area contributed by atoms with Crippen molar-refractivity contribution in [2.45, 2.75) is 0 Å². The second-order valence-electron chi connectivity index (χ2n) is 1.88. The van der Waals surface area contributed by atoms with Gasteiger partial charge in [0.1, 0.15) is 5.75 Å². The minimum absolute atomic E-state index is 0.231. The van der Waals surface area contributed by atoms with E-state index in [1.54, 1.807) is 29.1 Å². The van der Waals surface area contributed by atoms with Crippen LogP contribution in [0.2, 0.25) is 0 Å². The van der Waals surface area contributed by atoms with E-state index < -0.39 is 0 Å². The van der Waals surface area contributed by atoms with E-state index in [0.29, 0.717) is 5.69 Å². The lowest BCUT2D eigenvalue weighted by Crippen LogP contribution is -1.84. The van der Waals surface area contributed by atoms with E-state index in [4.69, 9.17) is 5.11 Å². The van der Waals surface area contributed by atoms with Crippen molar-refractivity contribution in [1.29, 1.82) is 0 Å². The van der Waals surface area contributed by atoms with Crippen molar-refractivity contribution < 1.29 is 5.11 Å². The zero-order valence-electron chi connectivity index (χ0n) is 5.62. The highest BCUT2D eigenvalue weighted by Crippen LogP contribution is 2.18. The summed E-state index contributed by atoms with van der Waals surface area (Å²) in [6, 6.07) is 1.60. The zero-order chi connectivity index (χ0) is 7.56. The van der Waals surface area contributed by atoms with Crippen molar-refractivity contribution >= 4 is 12.3 Å². The molecule has 1 aromatic heterocycles. The first kappa shape index (κ1) is 6.68. The van der Waals surface area contributed by atoms with Crippen molar-refractivity contribution in [2.24, 2.45) is 0 Å². The molecule has 0 unspecified atom stereocenters. The third-order valence-corrected chi connectivity index (χ3v) is 1.32. The number of hydrogen-bond donors (Lipinski definition) is 1. The van der Waals surface area contributed by atoms with Crippen LogP contribution in [-0.2, 0) is 0 Å². The van der Waals surface area contributed by atoms with Crippen LogP contribution >= 0.6 is 0 Å². The Morgan fingerprint density at radius 2 is 2.20 bits per heavy atom. The third-order valence-electron chi connectivity index (χ3n) is 1.32. The second kappa shape index (κ2) is 2.43. The molecule has 1 N–H and O–H groups in total. The summed E-state index contributed by atoms with van der Waals surface area (Å²) in [5, 5.41) is 9.12. The summed E-state index contributed by atoms with van der Waals surface area (Å²) in [5.74, 6) is 0.231. The standard InChI is InChI=1S/C8H9NO/c1-3-7-8(10)5-6-9(7)4-2/h3-6,10H,1-2H2. The molecule has 0 saturated heterocycles. The maximum Gasteiger partial charge on any atom is 0.140 e. The first-order chi connectivity index (χ1) is 4.79. The summed E-state index contributed by atoms with van der Waals surface area (Å²) in [5.41, 5.74) is 0.676. The average Bonchev–Trinajstić information content (AvgIpc) is 2.30. The SMILES string of the molecule is C=Cc1c(O)ccn1C=C. The molecule has 0 aromatic carbocycles. The number of aromatic hydroxyl groups is 1. The van der Waals surface area contributed by atoms with E-state index in [1.165, 1.54) is 0 Å². The Hall–Kier alpha value is -1.44. The molecule has 1 rings (SSSR count). The third kappa shape index (κ3) is 0.838. The van der Waals surface area contributed by atoms with Crippen molar-refractivity contribution in [2.75, 3.05) is 0 Å². The Labute approximate surface area is 59.7 Å². The van der Waals surface area contributed by atoms with E-state index in [9.17, 15) is 0 Å². The van der Waals surface area contributed by atoms with Crippen molar-refractivity contribution in [1.82, 2.24) is 4.57 Å². The monoisotopic (exact) mass is 135 g/mol. The first-order valence-electron chi connectivity index (χ1n) is 2.94. The van der Waals surface area contributed by atoms with E-state index in [-0.39, 0.29) is 5.75 Å². The van der Waals surface area contributed by atoms with E-state index >= 15 is 0 Å². The molecule has 0 aliphatic carbocycles. The smallest absolute Gasteiger partial charge is 0.140 e. The van der Waals surface area contributed by atoms with Gasteiger partial charge in [0, 0.05) is 12.4 Å². The van der Waals surface area contributed by atoms with Crippen LogP contribution in [0, 0.1) is 0 Å². The predicted octanol–water partition coefficient (Wildman–Crippen LogP) is 1.94. The lowest BCUT2D eigenvalue weighted by molar-refractivity contribution is 0.474. The average molecular weight is 135 g/mol. The fraction of sp³-hybridized carbons (Fsp3) is 0. The molecule has 2 heteroatoms. The summed E-state index contributed by atoms with van der Waals surface area (Å²) in [6.07, 6.45) is 4.91. The zero-order valence-corrected chi connectivity index (χ0v) is 5.62.